The minimum atomic E-state index is 0.208. The highest BCUT2D eigenvalue weighted by molar-refractivity contribution is 5.05. The van der Waals surface area contributed by atoms with Gasteiger partial charge in [-0.25, -0.2) is 0 Å². The van der Waals surface area contributed by atoms with Gasteiger partial charge in [-0.3, -0.25) is 0 Å². The largest absolute Gasteiger partial charge is 0.324 e. The predicted octanol–water partition coefficient (Wildman–Crippen LogP) is 1.21. The number of hydrogen-bond donors (Lipinski definition) is 1. The van der Waals surface area contributed by atoms with Gasteiger partial charge in [0.05, 0.1) is 0 Å². The van der Waals surface area contributed by atoms with E-state index in [4.69, 9.17) is 5.73 Å². The second-order valence-electron chi connectivity index (χ2n) is 3.67. The molecule has 0 radical (unpaired) electrons. The number of nitrogens with two attached hydrogens (primary N) is 1. The van der Waals surface area contributed by atoms with E-state index >= 15 is 0 Å². The molecule has 0 aromatic heterocycles. The van der Waals surface area contributed by atoms with E-state index in [9.17, 15) is 0 Å². The summed E-state index contributed by atoms with van der Waals surface area (Å²) >= 11 is 0. The molecule has 0 spiro atoms. The van der Waals surface area contributed by atoms with Crippen molar-refractivity contribution in [2.24, 2.45) is 5.73 Å². The van der Waals surface area contributed by atoms with Crippen molar-refractivity contribution in [3.05, 3.63) is 0 Å². The molecule has 0 amide bonds. The Morgan fingerprint density at radius 3 is 2.27 bits per heavy atom. The molecule has 2 nitrogen and oxygen atoms in total. The Hall–Kier alpha value is -0.0800. The van der Waals surface area contributed by atoms with Crippen molar-refractivity contribution < 1.29 is 0 Å². The average Bonchev–Trinajstić information content (AvgIpc) is 2.47. The van der Waals surface area contributed by atoms with Gasteiger partial charge in [0.15, 0.2) is 0 Å². The number of fused-ring (bicyclic) bond motifs is 2. The van der Waals surface area contributed by atoms with Crippen LogP contribution in [0.5, 0.6) is 0 Å². The molecule has 2 unspecified atom stereocenters. The first kappa shape index (κ1) is 9.01. The van der Waals surface area contributed by atoms with Crippen molar-refractivity contribution >= 4 is 0 Å². The third-order valence-electron chi connectivity index (χ3n) is 2.81. The zero-order valence-electron chi connectivity index (χ0n) is 7.93. The van der Waals surface area contributed by atoms with Crippen molar-refractivity contribution in [1.82, 2.24) is 4.90 Å². The molecule has 1 aliphatic carbocycles. The first-order valence-electron chi connectivity index (χ1n) is 4.69. The number of likely N-dealkylation sites (N-methyl/N-ethyl adjacent to an activating group) is 1. The van der Waals surface area contributed by atoms with E-state index in [0.29, 0.717) is 0 Å². The van der Waals surface area contributed by atoms with Gasteiger partial charge >= 0.3 is 0 Å². The molecule has 1 aliphatic heterocycles. The van der Waals surface area contributed by atoms with Crippen LogP contribution in [0, 0.1) is 0 Å². The van der Waals surface area contributed by atoms with Gasteiger partial charge in [-0.15, -0.1) is 0 Å². The van der Waals surface area contributed by atoms with Crippen LogP contribution in [0.15, 0.2) is 0 Å². The van der Waals surface area contributed by atoms with Crippen LogP contribution in [0.1, 0.15) is 33.1 Å². The number of hydrogen-bond acceptors (Lipinski definition) is 2. The zero-order valence-corrected chi connectivity index (χ0v) is 7.93. The second-order valence-corrected chi connectivity index (χ2v) is 3.67. The van der Waals surface area contributed by atoms with Crippen LogP contribution >= 0.6 is 0 Å². The number of piperidine rings is 1. The van der Waals surface area contributed by atoms with Crippen LogP contribution in [-0.4, -0.2) is 30.1 Å². The van der Waals surface area contributed by atoms with Gasteiger partial charge in [0.1, 0.15) is 0 Å². The summed E-state index contributed by atoms with van der Waals surface area (Å²) in [6.45, 7) is 5.12. The van der Waals surface area contributed by atoms with E-state index in [-0.39, 0.29) is 5.54 Å². The van der Waals surface area contributed by atoms with Crippen LogP contribution in [-0.2, 0) is 0 Å². The fraction of sp³-hybridized carbons (Fsp3) is 1.00. The third kappa shape index (κ3) is 1.57. The molecule has 0 aromatic carbocycles. The van der Waals surface area contributed by atoms with E-state index in [1.54, 1.807) is 0 Å². The van der Waals surface area contributed by atoms with Crippen molar-refractivity contribution in [3.63, 3.8) is 0 Å². The van der Waals surface area contributed by atoms with Crippen LogP contribution in [0.4, 0.5) is 0 Å². The van der Waals surface area contributed by atoms with Crippen LogP contribution < -0.4 is 5.73 Å². The highest BCUT2D eigenvalue weighted by Crippen LogP contribution is 2.37. The number of rotatable bonds is 0. The lowest BCUT2D eigenvalue weighted by Crippen LogP contribution is -2.43. The predicted molar refractivity (Wildman–Crippen MR) is 48.5 cm³/mol. The smallest absolute Gasteiger partial charge is 0.0298 e. The zero-order chi connectivity index (χ0) is 8.48. The summed E-state index contributed by atoms with van der Waals surface area (Å²) in [5.41, 5.74) is 6.26. The molecule has 2 N–H and O–H groups in total. The van der Waals surface area contributed by atoms with E-state index in [1.807, 2.05) is 13.8 Å². The Balaban J connectivity index is 0.000000281. The molecule has 2 bridgehead atoms. The minimum absolute atomic E-state index is 0.208. The summed E-state index contributed by atoms with van der Waals surface area (Å²) in [5.74, 6) is 0. The summed E-state index contributed by atoms with van der Waals surface area (Å²) in [4.78, 5) is 2.39. The Labute approximate surface area is 69.8 Å². The van der Waals surface area contributed by atoms with Crippen LogP contribution in [0.3, 0.4) is 0 Å². The number of likely N-dealkylation sites (tertiary alicyclic amines) is 1. The molecule has 1 saturated heterocycles. The van der Waals surface area contributed by atoms with Gasteiger partial charge in [-0.05, 0) is 26.3 Å². The Morgan fingerprint density at radius 2 is 2.09 bits per heavy atom. The Bertz CT molecular complexity index is 132. The molecule has 2 atom stereocenters. The fourth-order valence-corrected chi connectivity index (χ4v) is 2.27. The lowest BCUT2D eigenvalue weighted by atomic mass is 10.0. The molecule has 2 heteroatoms. The standard InChI is InChI=1S/C7H14N2.C2H6/c1-9-5-7(8)3-2-6(9)4-7;1-2/h6H,2-5,8H2,1H3;1-2H3. The van der Waals surface area contributed by atoms with Gasteiger partial charge in [-0.2, -0.15) is 0 Å². The van der Waals surface area contributed by atoms with Crippen molar-refractivity contribution in [3.8, 4) is 0 Å². The Kier molecular flexibility index (Phi) is 2.55. The maximum Gasteiger partial charge on any atom is 0.0298 e. The lowest BCUT2D eigenvalue weighted by molar-refractivity contribution is 0.247. The van der Waals surface area contributed by atoms with E-state index in [0.717, 1.165) is 12.6 Å². The van der Waals surface area contributed by atoms with Crippen molar-refractivity contribution in [2.75, 3.05) is 13.6 Å². The SMILES string of the molecule is CC.CN1CC2(N)CCC1C2. The maximum atomic E-state index is 6.05. The van der Waals surface area contributed by atoms with Crippen LogP contribution in [0.2, 0.25) is 0 Å². The molecular weight excluding hydrogens is 136 g/mol. The normalized spacial score (nSPS) is 42.0. The van der Waals surface area contributed by atoms with Crippen molar-refractivity contribution in [1.29, 1.82) is 0 Å². The molecule has 2 aliphatic rings. The molecule has 1 heterocycles. The van der Waals surface area contributed by atoms with Gasteiger partial charge in [0.2, 0.25) is 0 Å². The number of nitrogens with zero attached hydrogens (tertiary/aromatic N) is 1. The molecule has 66 valence electrons. The van der Waals surface area contributed by atoms with E-state index in [2.05, 4.69) is 11.9 Å². The van der Waals surface area contributed by atoms with Gasteiger partial charge in [0, 0.05) is 18.1 Å². The summed E-state index contributed by atoms with van der Waals surface area (Å²) in [5, 5.41) is 0. The van der Waals surface area contributed by atoms with E-state index < -0.39 is 0 Å². The summed E-state index contributed by atoms with van der Waals surface area (Å²) in [6.07, 6.45) is 3.82. The third-order valence-corrected chi connectivity index (χ3v) is 2.81. The second kappa shape index (κ2) is 3.11. The van der Waals surface area contributed by atoms with Crippen molar-refractivity contribution in [2.45, 2.75) is 44.7 Å². The molecular formula is C9H20N2. The summed E-state index contributed by atoms with van der Waals surface area (Å²) in [7, 11) is 2.18. The van der Waals surface area contributed by atoms with Crippen LogP contribution in [0.25, 0.3) is 0 Å². The fourth-order valence-electron chi connectivity index (χ4n) is 2.27. The average molecular weight is 156 g/mol. The first-order chi connectivity index (χ1) is 5.20. The Morgan fingerprint density at radius 1 is 1.45 bits per heavy atom. The lowest BCUT2D eigenvalue weighted by Gasteiger charge is -2.26. The molecule has 1 saturated carbocycles. The summed E-state index contributed by atoms with van der Waals surface area (Å²) in [6, 6.07) is 0.815. The maximum absolute atomic E-state index is 6.05. The highest BCUT2D eigenvalue weighted by atomic mass is 15.2. The minimum Gasteiger partial charge on any atom is -0.324 e. The molecule has 0 aromatic rings. The molecule has 11 heavy (non-hydrogen) atoms. The molecule has 2 rings (SSSR count). The topological polar surface area (TPSA) is 29.3 Å². The quantitative estimate of drug-likeness (QED) is 0.571. The van der Waals surface area contributed by atoms with Gasteiger partial charge in [0.25, 0.3) is 0 Å². The van der Waals surface area contributed by atoms with E-state index in [1.165, 1.54) is 19.3 Å². The van der Waals surface area contributed by atoms with Gasteiger partial charge in [-0.1, -0.05) is 13.8 Å². The highest BCUT2D eigenvalue weighted by Gasteiger charge is 2.44. The monoisotopic (exact) mass is 156 g/mol. The first-order valence-corrected chi connectivity index (χ1v) is 4.69. The summed E-state index contributed by atoms with van der Waals surface area (Å²) < 4.78 is 0. The van der Waals surface area contributed by atoms with Gasteiger partial charge < -0.3 is 10.6 Å². The molecule has 2 fully saturated rings.